The summed E-state index contributed by atoms with van der Waals surface area (Å²) in [5.41, 5.74) is 0.526. The van der Waals surface area contributed by atoms with Crippen LogP contribution in [0.2, 0.25) is 0 Å². The Kier molecular flexibility index (Phi) is 4.43. The van der Waals surface area contributed by atoms with Crippen LogP contribution in [-0.4, -0.2) is 12.6 Å². The summed E-state index contributed by atoms with van der Waals surface area (Å²) in [4.78, 5) is 0. The summed E-state index contributed by atoms with van der Waals surface area (Å²) in [7, 11) is 0. The van der Waals surface area contributed by atoms with Gasteiger partial charge in [0.25, 0.3) is 0 Å². The predicted molar refractivity (Wildman–Crippen MR) is 63.5 cm³/mol. The van der Waals surface area contributed by atoms with Crippen molar-refractivity contribution in [3.05, 3.63) is 0 Å². The maximum atomic E-state index is 3.68. The molecule has 14 heavy (non-hydrogen) atoms. The molecule has 1 aliphatic carbocycles. The number of hydrogen-bond acceptors (Lipinski definition) is 1. The second kappa shape index (κ2) is 5.16. The Morgan fingerprint density at radius 3 is 2.43 bits per heavy atom. The quantitative estimate of drug-likeness (QED) is 0.657. The van der Waals surface area contributed by atoms with E-state index in [2.05, 4.69) is 33.0 Å². The van der Waals surface area contributed by atoms with Gasteiger partial charge in [0.15, 0.2) is 0 Å². The van der Waals surface area contributed by atoms with E-state index in [0.29, 0.717) is 5.41 Å². The lowest BCUT2D eigenvalue weighted by molar-refractivity contribution is 0.224. The first-order chi connectivity index (χ1) is 6.59. The van der Waals surface area contributed by atoms with Crippen LogP contribution in [0.5, 0.6) is 0 Å². The van der Waals surface area contributed by atoms with Crippen LogP contribution in [0.3, 0.4) is 0 Å². The van der Waals surface area contributed by atoms with E-state index in [1.165, 1.54) is 38.6 Å². The van der Waals surface area contributed by atoms with Crippen molar-refractivity contribution >= 4 is 0 Å². The molecule has 1 saturated carbocycles. The minimum atomic E-state index is 0.526. The minimum Gasteiger partial charge on any atom is -0.313 e. The lowest BCUT2D eigenvalue weighted by atomic mass is 9.78. The molecule has 1 heteroatoms. The van der Waals surface area contributed by atoms with Crippen molar-refractivity contribution in [2.24, 2.45) is 11.3 Å². The van der Waals surface area contributed by atoms with Gasteiger partial charge in [0.2, 0.25) is 0 Å². The number of hydrogen-bond donors (Lipinski definition) is 1. The zero-order chi connectivity index (χ0) is 10.6. The molecular weight excluding hydrogens is 170 g/mol. The molecule has 0 heterocycles. The summed E-state index contributed by atoms with van der Waals surface area (Å²) in [6.45, 7) is 10.7. The normalized spacial score (nSPS) is 23.1. The van der Waals surface area contributed by atoms with Gasteiger partial charge in [-0.25, -0.2) is 0 Å². The highest BCUT2D eigenvalue weighted by Gasteiger charge is 2.28. The largest absolute Gasteiger partial charge is 0.313 e. The van der Waals surface area contributed by atoms with Crippen LogP contribution in [0.4, 0.5) is 0 Å². The molecule has 0 saturated heterocycles. The Morgan fingerprint density at radius 1 is 1.36 bits per heavy atom. The molecule has 2 atom stereocenters. The molecule has 0 spiro atoms. The zero-order valence-electron chi connectivity index (χ0n) is 10.4. The van der Waals surface area contributed by atoms with E-state index in [9.17, 15) is 0 Å². The minimum absolute atomic E-state index is 0.526. The van der Waals surface area contributed by atoms with Gasteiger partial charge < -0.3 is 5.32 Å². The Bertz CT molecular complexity index is 163. The standard InChI is InChI=1S/C13H27N/c1-5-11(3)9-13(4,6-2)10-14-12-7-8-12/h11-12,14H,5-10H2,1-4H3. The smallest absolute Gasteiger partial charge is 0.00684 e. The molecular formula is C13H27N. The highest BCUT2D eigenvalue weighted by atomic mass is 15.0. The van der Waals surface area contributed by atoms with E-state index in [1.54, 1.807) is 0 Å². The van der Waals surface area contributed by atoms with Gasteiger partial charge in [-0.15, -0.1) is 0 Å². The topological polar surface area (TPSA) is 12.0 Å². The Labute approximate surface area is 89.7 Å². The van der Waals surface area contributed by atoms with E-state index in [-0.39, 0.29) is 0 Å². The van der Waals surface area contributed by atoms with Gasteiger partial charge in [0, 0.05) is 12.6 Å². The van der Waals surface area contributed by atoms with Gasteiger partial charge >= 0.3 is 0 Å². The van der Waals surface area contributed by atoms with Crippen LogP contribution in [-0.2, 0) is 0 Å². The van der Waals surface area contributed by atoms with Crippen LogP contribution < -0.4 is 5.32 Å². The lowest BCUT2D eigenvalue weighted by Gasteiger charge is -2.31. The highest BCUT2D eigenvalue weighted by Crippen LogP contribution is 2.31. The Hall–Kier alpha value is -0.0400. The number of rotatable bonds is 7. The van der Waals surface area contributed by atoms with Gasteiger partial charge in [-0.3, -0.25) is 0 Å². The highest BCUT2D eigenvalue weighted by molar-refractivity contribution is 4.85. The summed E-state index contributed by atoms with van der Waals surface area (Å²) in [6.07, 6.45) is 6.81. The molecule has 1 N–H and O–H groups in total. The molecule has 1 aliphatic rings. The molecule has 2 unspecified atom stereocenters. The lowest BCUT2D eigenvalue weighted by Crippen LogP contribution is -2.34. The van der Waals surface area contributed by atoms with Gasteiger partial charge in [0.05, 0.1) is 0 Å². The fraction of sp³-hybridized carbons (Fsp3) is 1.00. The van der Waals surface area contributed by atoms with E-state index in [4.69, 9.17) is 0 Å². The van der Waals surface area contributed by atoms with Crippen LogP contribution in [0.15, 0.2) is 0 Å². The third-order valence-corrected chi connectivity index (χ3v) is 3.79. The summed E-state index contributed by atoms with van der Waals surface area (Å²) in [5, 5.41) is 3.68. The van der Waals surface area contributed by atoms with Crippen LogP contribution in [0, 0.1) is 11.3 Å². The van der Waals surface area contributed by atoms with E-state index in [0.717, 1.165) is 12.0 Å². The maximum absolute atomic E-state index is 3.68. The van der Waals surface area contributed by atoms with Crippen molar-refractivity contribution in [1.29, 1.82) is 0 Å². The third kappa shape index (κ3) is 4.00. The van der Waals surface area contributed by atoms with E-state index < -0.39 is 0 Å². The van der Waals surface area contributed by atoms with Crippen LogP contribution in [0.1, 0.15) is 59.8 Å². The Morgan fingerprint density at radius 2 is 2.00 bits per heavy atom. The van der Waals surface area contributed by atoms with Gasteiger partial charge in [-0.2, -0.15) is 0 Å². The molecule has 1 rings (SSSR count). The molecule has 1 fully saturated rings. The zero-order valence-corrected chi connectivity index (χ0v) is 10.4. The molecule has 1 nitrogen and oxygen atoms in total. The average molecular weight is 197 g/mol. The van der Waals surface area contributed by atoms with Crippen molar-refractivity contribution in [2.45, 2.75) is 65.8 Å². The summed E-state index contributed by atoms with van der Waals surface area (Å²) < 4.78 is 0. The molecule has 0 bridgehead atoms. The van der Waals surface area contributed by atoms with Crippen molar-refractivity contribution in [2.75, 3.05) is 6.54 Å². The molecule has 84 valence electrons. The summed E-state index contributed by atoms with van der Waals surface area (Å²) in [6, 6.07) is 0.859. The first-order valence-electron chi connectivity index (χ1n) is 6.33. The maximum Gasteiger partial charge on any atom is 0.00684 e. The fourth-order valence-electron chi connectivity index (χ4n) is 2.01. The van der Waals surface area contributed by atoms with Gasteiger partial charge in [-0.1, -0.05) is 34.1 Å². The predicted octanol–water partition coefficient (Wildman–Crippen LogP) is 3.59. The second-order valence-electron chi connectivity index (χ2n) is 5.54. The van der Waals surface area contributed by atoms with Crippen molar-refractivity contribution in [3.63, 3.8) is 0 Å². The second-order valence-corrected chi connectivity index (χ2v) is 5.54. The van der Waals surface area contributed by atoms with E-state index >= 15 is 0 Å². The molecule has 0 aromatic carbocycles. The summed E-state index contributed by atoms with van der Waals surface area (Å²) in [5.74, 6) is 0.876. The molecule has 0 amide bonds. The van der Waals surface area contributed by atoms with E-state index in [1.807, 2.05) is 0 Å². The molecule has 0 radical (unpaired) electrons. The third-order valence-electron chi connectivity index (χ3n) is 3.79. The van der Waals surface area contributed by atoms with Crippen LogP contribution in [0.25, 0.3) is 0 Å². The SMILES string of the molecule is CCC(C)CC(C)(CC)CNC1CC1. The first kappa shape index (κ1) is 12.0. The molecule has 0 aromatic rings. The first-order valence-corrected chi connectivity index (χ1v) is 6.33. The van der Waals surface area contributed by atoms with Gasteiger partial charge in [0.1, 0.15) is 0 Å². The monoisotopic (exact) mass is 197 g/mol. The van der Waals surface area contributed by atoms with Crippen molar-refractivity contribution in [1.82, 2.24) is 5.32 Å². The van der Waals surface area contributed by atoms with Crippen molar-refractivity contribution in [3.8, 4) is 0 Å². The average Bonchev–Trinajstić information content (AvgIpc) is 2.98. The van der Waals surface area contributed by atoms with Gasteiger partial charge in [-0.05, 0) is 37.0 Å². The summed E-state index contributed by atoms with van der Waals surface area (Å²) >= 11 is 0. The fourth-order valence-corrected chi connectivity index (χ4v) is 2.01. The molecule has 0 aliphatic heterocycles. The molecule has 0 aromatic heterocycles. The Balaban J connectivity index is 2.29. The van der Waals surface area contributed by atoms with Crippen molar-refractivity contribution < 1.29 is 0 Å². The number of nitrogens with one attached hydrogen (secondary N) is 1. The van der Waals surface area contributed by atoms with Crippen LogP contribution >= 0.6 is 0 Å².